The van der Waals surface area contributed by atoms with Crippen LogP contribution in [0.2, 0.25) is 0 Å². The Labute approximate surface area is 129 Å². The highest BCUT2D eigenvalue weighted by Gasteiger charge is 2.41. The molecule has 1 N–H and O–H groups in total. The molecule has 1 aromatic rings. The van der Waals surface area contributed by atoms with Crippen molar-refractivity contribution in [2.75, 3.05) is 13.1 Å². The summed E-state index contributed by atoms with van der Waals surface area (Å²) >= 11 is 0. The molecule has 0 aromatic heterocycles. The van der Waals surface area contributed by atoms with E-state index in [1.54, 1.807) is 0 Å². The fourth-order valence-electron chi connectivity index (χ4n) is 4.17. The molecule has 0 amide bonds. The zero-order valence-corrected chi connectivity index (χ0v) is 13.7. The van der Waals surface area contributed by atoms with Crippen molar-refractivity contribution in [3.63, 3.8) is 0 Å². The number of benzene rings is 1. The van der Waals surface area contributed by atoms with Crippen molar-refractivity contribution in [3.8, 4) is 0 Å². The standard InChI is InChI=1S/C19H30N2/c1-3-18-14-21(13-17-10-6-5-9-16(17)2)19(15-20-18)11-7-4-8-12-19/h5-6,9-10,18,20H,3-4,7-8,11-15H2,1-2H3. The molecule has 1 heterocycles. The summed E-state index contributed by atoms with van der Waals surface area (Å²) < 4.78 is 0. The van der Waals surface area contributed by atoms with Crippen LogP contribution in [0.4, 0.5) is 0 Å². The van der Waals surface area contributed by atoms with Gasteiger partial charge >= 0.3 is 0 Å². The monoisotopic (exact) mass is 286 g/mol. The first kappa shape index (κ1) is 15.1. The molecule has 116 valence electrons. The number of aryl methyl sites for hydroxylation is 1. The third kappa shape index (κ3) is 3.17. The van der Waals surface area contributed by atoms with Gasteiger partial charge < -0.3 is 5.32 Å². The summed E-state index contributed by atoms with van der Waals surface area (Å²) in [5.74, 6) is 0. The molecule has 2 nitrogen and oxygen atoms in total. The number of rotatable bonds is 3. The summed E-state index contributed by atoms with van der Waals surface area (Å²) in [6.45, 7) is 8.10. The molecule has 2 aliphatic rings. The molecule has 2 fully saturated rings. The lowest BCUT2D eigenvalue weighted by Crippen LogP contribution is -2.64. The maximum absolute atomic E-state index is 3.82. The maximum Gasteiger partial charge on any atom is 0.0338 e. The molecular formula is C19H30N2. The topological polar surface area (TPSA) is 15.3 Å². The van der Waals surface area contributed by atoms with Crippen molar-refractivity contribution < 1.29 is 0 Å². The third-order valence-corrected chi connectivity index (χ3v) is 5.73. The maximum atomic E-state index is 3.82. The lowest BCUT2D eigenvalue weighted by molar-refractivity contribution is 0.00261. The second-order valence-electron chi connectivity index (χ2n) is 7.08. The first-order chi connectivity index (χ1) is 10.2. The zero-order chi connectivity index (χ0) is 14.7. The van der Waals surface area contributed by atoms with Crippen LogP contribution in [0.25, 0.3) is 0 Å². The molecule has 1 atom stereocenters. The molecule has 0 radical (unpaired) electrons. The number of piperazine rings is 1. The van der Waals surface area contributed by atoms with Crippen molar-refractivity contribution in [1.29, 1.82) is 0 Å². The second kappa shape index (κ2) is 6.50. The van der Waals surface area contributed by atoms with Crippen LogP contribution in [-0.4, -0.2) is 29.6 Å². The van der Waals surface area contributed by atoms with E-state index in [4.69, 9.17) is 0 Å². The highest BCUT2D eigenvalue weighted by atomic mass is 15.3. The van der Waals surface area contributed by atoms with Gasteiger partial charge in [-0.3, -0.25) is 4.90 Å². The Kier molecular flexibility index (Phi) is 4.66. The van der Waals surface area contributed by atoms with Crippen molar-refractivity contribution in [3.05, 3.63) is 35.4 Å². The normalized spacial score (nSPS) is 26.1. The lowest BCUT2D eigenvalue weighted by Gasteiger charge is -2.52. The van der Waals surface area contributed by atoms with E-state index < -0.39 is 0 Å². The fourth-order valence-corrected chi connectivity index (χ4v) is 4.17. The van der Waals surface area contributed by atoms with Gasteiger partial charge in [-0.05, 0) is 37.3 Å². The molecule has 1 aromatic carbocycles. The molecule has 1 aliphatic heterocycles. The molecule has 21 heavy (non-hydrogen) atoms. The van der Waals surface area contributed by atoms with E-state index in [9.17, 15) is 0 Å². The van der Waals surface area contributed by atoms with Gasteiger partial charge in [-0.2, -0.15) is 0 Å². The van der Waals surface area contributed by atoms with Gasteiger partial charge in [0, 0.05) is 31.2 Å². The summed E-state index contributed by atoms with van der Waals surface area (Å²) in [6.07, 6.45) is 8.23. The average molecular weight is 286 g/mol. The van der Waals surface area contributed by atoms with Crippen LogP contribution in [0, 0.1) is 6.92 Å². The third-order valence-electron chi connectivity index (χ3n) is 5.73. The van der Waals surface area contributed by atoms with Crippen molar-refractivity contribution in [1.82, 2.24) is 10.2 Å². The van der Waals surface area contributed by atoms with Crippen LogP contribution in [0.5, 0.6) is 0 Å². The molecule has 2 heteroatoms. The van der Waals surface area contributed by atoms with E-state index in [1.807, 2.05) is 0 Å². The van der Waals surface area contributed by atoms with Crippen molar-refractivity contribution in [2.24, 2.45) is 0 Å². The van der Waals surface area contributed by atoms with Gasteiger partial charge in [-0.1, -0.05) is 50.5 Å². The van der Waals surface area contributed by atoms with Gasteiger partial charge in [-0.15, -0.1) is 0 Å². The van der Waals surface area contributed by atoms with Crippen LogP contribution in [0.3, 0.4) is 0 Å². The van der Waals surface area contributed by atoms with Crippen molar-refractivity contribution in [2.45, 2.75) is 70.5 Å². The summed E-state index contributed by atoms with van der Waals surface area (Å²) in [5, 5.41) is 3.82. The summed E-state index contributed by atoms with van der Waals surface area (Å²) in [6, 6.07) is 9.58. The van der Waals surface area contributed by atoms with E-state index in [0.717, 1.165) is 6.54 Å². The smallest absolute Gasteiger partial charge is 0.0338 e. The molecule has 1 spiro atoms. The average Bonchev–Trinajstić information content (AvgIpc) is 2.53. The Bertz CT molecular complexity index is 462. The molecule has 1 saturated heterocycles. The van der Waals surface area contributed by atoms with Gasteiger partial charge in [0.2, 0.25) is 0 Å². The molecule has 3 rings (SSSR count). The quantitative estimate of drug-likeness (QED) is 0.907. The lowest BCUT2D eigenvalue weighted by atomic mass is 9.78. The minimum absolute atomic E-state index is 0.423. The number of nitrogens with zero attached hydrogens (tertiary/aromatic N) is 1. The predicted octanol–water partition coefficient (Wildman–Crippen LogP) is 3.88. The van der Waals surface area contributed by atoms with Gasteiger partial charge in [0.1, 0.15) is 0 Å². The van der Waals surface area contributed by atoms with E-state index >= 15 is 0 Å². The fraction of sp³-hybridized carbons (Fsp3) is 0.684. The first-order valence-electron chi connectivity index (χ1n) is 8.76. The van der Waals surface area contributed by atoms with E-state index in [0.29, 0.717) is 11.6 Å². The summed E-state index contributed by atoms with van der Waals surface area (Å²) in [7, 11) is 0. The highest BCUT2D eigenvalue weighted by Crippen LogP contribution is 2.36. The Morgan fingerprint density at radius 3 is 2.67 bits per heavy atom. The first-order valence-corrected chi connectivity index (χ1v) is 8.76. The molecular weight excluding hydrogens is 256 g/mol. The molecule has 1 unspecified atom stereocenters. The molecule has 0 bridgehead atoms. The van der Waals surface area contributed by atoms with E-state index in [2.05, 4.69) is 48.3 Å². The molecule has 1 aliphatic carbocycles. The van der Waals surface area contributed by atoms with Gasteiger partial charge in [-0.25, -0.2) is 0 Å². The van der Waals surface area contributed by atoms with Gasteiger partial charge in [0.05, 0.1) is 0 Å². The zero-order valence-electron chi connectivity index (χ0n) is 13.7. The largest absolute Gasteiger partial charge is 0.311 e. The number of nitrogens with one attached hydrogen (secondary N) is 1. The summed E-state index contributed by atoms with van der Waals surface area (Å²) in [4.78, 5) is 2.82. The van der Waals surface area contributed by atoms with Crippen molar-refractivity contribution >= 4 is 0 Å². The number of hydrogen-bond donors (Lipinski definition) is 1. The van der Waals surface area contributed by atoms with Gasteiger partial charge in [0.25, 0.3) is 0 Å². The van der Waals surface area contributed by atoms with Crippen LogP contribution < -0.4 is 5.32 Å². The Morgan fingerprint density at radius 1 is 1.19 bits per heavy atom. The minimum Gasteiger partial charge on any atom is -0.311 e. The van der Waals surface area contributed by atoms with E-state index in [-0.39, 0.29) is 0 Å². The van der Waals surface area contributed by atoms with Crippen LogP contribution in [0.15, 0.2) is 24.3 Å². The highest BCUT2D eigenvalue weighted by molar-refractivity contribution is 5.26. The SMILES string of the molecule is CCC1CN(Cc2ccccc2C)C2(CCCCC2)CN1. The summed E-state index contributed by atoms with van der Waals surface area (Å²) in [5.41, 5.74) is 3.38. The van der Waals surface area contributed by atoms with Crippen LogP contribution in [0.1, 0.15) is 56.6 Å². The van der Waals surface area contributed by atoms with Gasteiger partial charge in [0.15, 0.2) is 0 Å². The Balaban J connectivity index is 1.81. The minimum atomic E-state index is 0.423. The van der Waals surface area contributed by atoms with E-state index in [1.165, 1.54) is 62.7 Å². The number of hydrogen-bond acceptors (Lipinski definition) is 2. The van der Waals surface area contributed by atoms with Crippen LogP contribution >= 0.6 is 0 Å². The van der Waals surface area contributed by atoms with Crippen LogP contribution in [-0.2, 0) is 6.54 Å². The second-order valence-corrected chi connectivity index (χ2v) is 7.08. The Hall–Kier alpha value is -0.860. The Morgan fingerprint density at radius 2 is 1.95 bits per heavy atom. The predicted molar refractivity (Wildman–Crippen MR) is 89.5 cm³/mol. The molecule has 1 saturated carbocycles.